The summed E-state index contributed by atoms with van der Waals surface area (Å²) in [4.78, 5) is 1.79. The Bertz CT molecular complexity index is 1160. The van der Waals surface area contributed by atoms with Crippen molar-refractivity contribution in [1.29, 1.82) is 0 Å². The van der Waals surface area contributed by atoms with Gasteiger partial charge in [0.2, 0.25) is 10.0 Å². The fraction of sp³-hybridized carbons (Fsp3) is 0.440. The molecule has 32 heavy (non-hydrogen) atoms. The van der Waals surface area contributed by atoms with Crippen LogP contribution in [0.2, 0.25) is 0 Å². The number of halogens is 1. The Kier molecular flexibility index (Phi) is 5.60. The summed E-state index contributed by atoms with van der Waals surface area (Å²) in [5, 5.41) is 10.2. The lowest BCUT2D eigenvalue weighted by Crippen LogP contribution is -2.48. The molecule has 0 saturated carbocycles. The van der Waals surface area contributed by atoms with Gasteiger partial charge in [0, 0.05) is 25.2 Å². The number of benzene rings is 2. The van der Waals surface area contributed by atoms with Gasteiger partial charge >= 0.3 is 0 Å². The van der Waals surface area contributed by atoms with Crippen molar-refractivity contribution >= 4 is 21.3 Å². The van der Waals surface area contributed by atoms with Crippen LogP contribution in [0, 0.1) is 11.7 Å². The number of likely N-dealkylation sites (N-methyl/N-ethyl adjacent to an activating group) is 1. The molecule has 0 radical (unpaired) electrons. The SMILES string of the molecule is CN1c2ccc(C3=CCCCC3)cc2[C@@H]2[C@@H](CCN2S(=O)(=O)c2ccccc2F)[C@H]1CO. The lowest BCUT2D eigenvalue weighted by molar-refractivity contribution is 0.193. The van der Waals surface area contributed by atoms with Crippen molar-refractivity contribution in [2.75, 3.05) is 25.1 Å². The largest absolute Gasteiger partial charge is 0.394 e. The molecule has 1 aliphatic carbocycles. The molecule has 170 valence electrons. The van der Waals surface area contributed by atoms with Crippen LogP contribution in [-0.4, -0.2) is 44.1 Å². The number of allylic oxidation sites excluding steroid dienone is 2. The molecular formula is C25H29FN2O3S. The molecule has 0 unspecified atom stereocenters. The fourth-order valence-corrected chi connectivity index (χ4v) is 7.49. The average molecular weight is 457 g/mol. The highest BCUT2D eigenvalue weighted by atomic mass is 32.2. The topological polar surface area (TPSA) is 60.9 Å². The zero-order valence-electron chi connectivity index (χ0n) is 18.2. The number of fused-ring (bicyclic) bond motifs is 3. The van der Waals surface area contributed by atoms with Crippen LogP contribution in [0.3, 0.4) is 0 Å². The van der Waals surface area contributed by atoms with Gasteiger partial charge in [0.1, 0.15) is 10.7 Å². The standard InChI is InChI=1S/C25H29FN2O3S/c1-27-22-12-11-18(17-7-3-2-4-8-17)15-20(22)25-19(23(27)16-29)13-14-28(25)32(30,31)24-10-6-5-9-21(24)26/h5-7,9-12,15,19,23,25,29H,2-4,8,13-14,16H2,1H3/t19-,23+,25-/m0/s1. The molecule has 2 heterocycles. The van der Waals surface area contributed by atoms with E-state index in [0.717, 1.165) is 36.1 Å². The van der Waals surface area contributed by atoms with Crippen LogP contribution in [-0.2, 0) is 10.0 Å². The van der Waals surface area contributed by atoms with Gasteiger partial charge in [0.05, 0.1) is 18.7 Å². The highest BCUT2D eigenvalue weighted by Crippen LogP contribution is 2.51. The Balaban J connectivity index is 1.64. The van der Waals surface area contributed by atoms with Crippen LogP contribution < -0.4 is 4.90 Å². The summed E-state index contributed by atoms with van der Waals surface area (Å²) >= 11 is 0. The van der Waals surface area contributed by atoms with E-state index in [0.29, 0.717) is 13.0 Å². The maximum Gasteiger partial charge on any atom is 0.246 e. The highest BCUT2D eigenvalue weighted by Gasteiger charge is 2.50. The van der Waals surface area contributed by atoms with Crippen LogP contribution in [0.25, 0.3) is 5.57 Å². The van der Waals surface area contributed by atoms with Crippen LogP contribution in [0.5, 0.6) is 0 Å². The van der Waals surface area contributed by atoms with Gasteiger partial charge in [-0.25, -0.2) is 12.8 Å². The predicted molar refractivity (Wildman–Crippen MR) is 123 cm³/mol. The van der Waals surface area contributed by atoms with Gasteiger partial charge in [0.15, 0.2) is 0 Å². The third kappa shape index (κ3) is 3.38. The van der Waals surface area contributed by atoms with Crippen LogP contribution in [0.4, 0.5) is 10.1 Å². The number of rotatable bonds is 4. The number of aliphatic hydroxyl groups excluding tert-OH is 1. The summed E-state index contributed by atoms with van der Waals surface area (Å²) in [6.45, 7) is 0.250. The second-order valence-electron chi connectivity index (χ2n) is 9.05. The lowest BCUT2D eigenvalue weighted by Gasteiger charge is -2.44. The summed E-state index contributed by atoms with van der Waals surface area (Å²) in [7, 11) is -2.06. The fourth-order valence-electron chi connectivity index (χ4n) is 5.76. The second-order valence-corrected chi connectivity index (χ2v) is 10.9. The van der Waals surface area contributed by atoms with Gasteiger partial charge in [0.25, 0.3) is 0 Å². The predicted octanol–water partition coefficient (Wildman–Crippen LogP) is 4.35. The van der Waals surface area contributed by atoms with E-state index in [1.165, 1.54) is 34.5 Å². The van der Waals surface area contributed by atoms with Crippen LogP contribution in [0.15, 0.2) is 53.4 Å². The maximum absolute atomic E-state index is 14.5. The zero-order valence-corrected chi connectivity index (χ0v) is 19.1. The van der Waals surface area contributed by atoms with E-state index in [1.807, 2.05) is 13.1 Å². The number of nitrogens with zero attached hydrogens (tertiary/aromatic N) is 2. The van der Waals surface area contributed by atoms with Crippen molar-refractivity contribution in [3.05, 3.63) is 65.5 Å². The highest BCUT2D eigenvalue weighted by molar-refractivity contribution is 7.89. The minimum absolute atomic E-state index is 0.0579. The smallest absolute Gasteiger partial charge is 0.246 e. The van der Waals surface area contributed by atoms with Crippen LogP contribution in [0.1, 0.15) is 49.3 Å². The molecule has 0 amide bonds. The van der Waals surface area contributed by atoms with Crippen molar-refractivity contribution < 1.29 is 17.9 Å². The van der Waals surface area contributed by atoms with E-state index in [9.17, 15) is 17.9 Å². The maximum atomic E-state index is 14.5. The number of sulfonamides is 1. The normalized spacial score (nSPS) is 25.9. The van der Waals surface area contributed by atoms with E-state index in [1.54, 1.807) is 6.07 Å². The van der Waals surface area contributed by atoms with Crippen molar-refractivity contribution in [1.82, 2.24) is 4.31 Å². The summed E-state index contributed by atoms with van der Waals surface area (Å²) < 4.78 is 43.1. The molecule has 1 N–H and O–H groups in total. The van der Waals surface area contributed by atoms with Gasteiger partial charge < -0.3 is 10.0 Å². The third-order valence-electron chi connectivity index (χ3n) is 7.39. The van der Waals surface area contributed by atoms with Crippen molar-refractivity contribution in [3.8, 4) is 0 Å². The van der Waals surface area contributed by atoms with Crippen molar-refractivity contribution in [3.63, 3.8) is 0 Å². The minimum atomic E-state index is -4.03. The molecule has 0 bridgehead atoms. The molecule has 0 spiro atoms. The lowest BCUT2D eigenvalue weighted by atomic mass is 9.81. The first-order chi connectivity index (χ1) is 15.4. The Morgan fingerprint density at radius 1 is 1.16 bits per heavy atom. The van der Waals surface area contributed by atoms with Crippen molar-refractivity contribution in [2.24, 2.45) is 5.92 Å². The van der Waals surface area contributed by atoms with Gasteiger partial charge in [-0.3, -0.25) is 0 Å². The zero-order chi connectivity index (χ0) is 22.5. The second kappa shape index (κ2) is 8.28. The first kappa shape index (κ1) is 21.6. The quantitative estimate of drug-likeness (QED) is 0.743. The van der Waals surface area contributed by atoms with Gasteiger partial charge in [-0.1, -0.05) is 24.3 Å². The van der Waals surface area contributed by atoms with E-state index < -0.39 is 21.9 Å². The summed E-state index contributed by atoms with van der Waals surface area (Å²) in [5.74, 6) is -0.793. The van der Waals surface area contributed by atoms with E-state index in [4.69, 9.17) is 0 Å². The molecule has 1 saturated heterocycles. The number of anilines is 1. The molecule has 3 aliphatic rings. The molecule has 2 aliphatic heterocycles. The monoisotopic (exact) mass is 456 g/mol. The molecule has 2 aromatic rings. The molecule has 3 atom stereocenters. The first-order valence-electron chi connectivity index (χ1n) is 11.4. The summed E-state index contributed by atoms with van der Waals surface area (Å²) in [6.07, 6.45) is 7.37. The Hall–Kier alpha value is -2.22. The molecule has 0 aromatic heterocycles. The Morgan fingerprint density at radius 2 is 1.97 bits per heavy atom. The van der Waals surface area contributed by atoms with E-state index in [2.05, 4.69) is 23.1 Å². The van der Waals surface area contributed by atoms with E-state index >= 15 is 0 Å². The van der Waals surface area contributed by atoms with Gasteiger partial charge in [-0.2, -0.15) is 4.31 Å². The number of hydrogen-bond acceptors (Lipinski definition) is 4. The van der Waals surface area contributed by atoms with Crippen LogP contribution >= 0.6 is 0 Å². The van der Waals surface area contributed by atoms with Crippen molar-refractivity contribution in [2.45, 2.75) is 49.1 Å². The number of aliphatic hydroxyl groups is 1. The molecular weight excluding hydrogens is 427 g/mol. The molecule has 1 fully saturated rings. The average Bonchev–Trinajstić information content (AvgIpc) is 3.26. The summed E-state index contributed by atoms with van der Waals surface area (Å²) in [5.41, 5.74) is 4.32. The van der Waals surface area contributed by atoms with E-state index in [-0.39, 0.29) is 23.5 Å². The molecule has 5 nitrogen and oxygen atoms in total. The molecule has 2 aromatic carbocycles. The van der Waals surface area contributed by atoms with Gasteiger partial charge in [-0.05, 0) is 73.1 Å². The Morgan fingerprint density at radius 3 is 2.69 bits per heavy atom. The Labute approximate surface area is 189 Å². The minimum Gasteiger partial charge on any atom is -0.394 e. The molecule has 5 rings (SSSR count). The molecule has 7 heteroatoms. The first-order valence-corrected chi connectivity index (χ1v) is 12.8. The summed E-state index contributed by atoms with van der Waals surface area (Å²) in [6, 6.07) is 11.2. The number of hydrogen-bond donors (Lipinski definition) is 1. The third-order valence-corrected chi connectivity index (χ3v) is 9.30. The van der Waals surface area contributed by atoms with Gasteiger partial charge in [-0.15, -0.1) is 0 Å².